The van der Waals surface area contributed by atoms with E-state index in [1.54, 1.807) is 48.5 Å². The molecular formula is C22H18N4O2. The summed E-state index contributed by atoms with van der Waals surface area (Å²) in [4.78, 5) is 13.4. The second-order valence-electron chi connectivity index (χ2n) is 6.33. The highest BCUT2D eigenvalue weighted by Crippen LogP contribution is 2.31. The Kier molecular flexibility index (Phi) is 4.60. The molecule has 0 unspecified atom stereocenters. The van der Waals surface area contributed by atoms with Crippen LogP contribution in [0.3, 0.4) is 0 Å². The average molecular weight is 370 g/mol. The van der Waals surface area contributed by atoms with Crippen LogP contribution in [0.5, 0.6) is 11.5 Å². The molecule has 0 bridgehead atoms. The molecule has 3 N–H and O–H groups in total. The van der Waals surface area contributed by atoms with Gasteiger partial charge < -0.3 is 15.5 Å². The molecule has 0 amide bonds. The lowest BCUT2D eigenvalue weighted by molar-refractivity contribution is 0.477. The second kappa shape index (κ2) is 7.36. The van der Waals surface area contributed by atoms with Gasteiger partial charge in [0.2, 0.25) is 5.95 Å². The third-order valence-electron chi connectivity index (χ3n) is 4.23. The molecule has 3 aromatic carbocycles. The summed E-state index contributed by atoms with van der Waals surface area (Å²) in [6, 6.07) is 21.5. The lowest BCUT2D eigenvalue weighted by Gasteiger charge is -2.11. The lowest BCUT2D eigenvalue weighted by Crippen LogP contribution is -2.03. The normalized spacial score (nSPS) is 10.6. The number of aryl methyl sites for hydroxylation is 1. The summed E-state index contributed by atoms with van der Waals surface area (Å²) in [6.07, 6.45) is 0. The Balaban J connectivity index is 1.84. The smallest absolute Gasteiger partial charge is 0.231 e. The van der Waals surface area contributed by atoms with Crippen LogP contribution in [0.25, 0.3) is 22.8 Å². The largest absolute Gasteiger partial charge is 0.507 e. The second-order valence-corrected chi connectivity index (χ2v) is 6.33. The van der Waals surface area contributed by atoms with Gasteiger partial charge in [0.05, 0.1) is 11.1 Å². The van der Waals surface area contributed by atoms with Gasteiger partial charge in [-0.05, 0) is 43.3 Å². The van der Waals surface area contributed by atoms with Crippen LogP contribution in [0.2, 0.25) is 0 Å². The molecule has 0 saturated heterocycles. The SMILES string of the molecule is Cc1ccc(Nc2nc(-c3ccccc3O)nc(-c3ccccc3O)n2)cc1. The number of rotatable bonds is 4. The molecule has 28 heavy (non-hydrogen) atoms. The maximum absolute atomic E-state index is 10.2. The molecular weight excluding hydrogens is 352 g/mol. The Morgan fingerprint density at radius 1 is 0.643 bits per heavy atom. The molecule has 1 heterocycles. The van der Waals surface area contributed by atoms with Gasteiger partial charge in [0.25, 0.3) is 0 Å². The number of nitrogens with zero attached hydrogens (tertiary/aromatic N) is 3. The third kappa shape index (κ3) is 3.61. The first-order valence-corrected chi connectivity index (χ1v) is 8.76. The van der Waals surface area contributed by atoms with Gasteiger partial charge >= 0.3 is 0 Å². The molecule has 6 heteroatoms. The van der Waals surface area contributed by atoms with E-state index >= 15 is 0 Å². The van der Waals surface area contributed by atoms with E-state index in [4.69, 9.17) is 0 Å². The molecule has 1 aromatic heterocycles. The first kappa shape index (κ1) is 17.5. The average Bonchev–Trinajstić information content (AvgIpc) is 2.70. The summed E-state index contributed by atoms with van der Waals surface area (Å²) in [5.41, 5.74) is 2.93. The van der Waals surface area contributed by atoms with Crippen molar-refractivity contribution in [1.29, 1.82) is 0 Å². The fraction of sp³-hybridized carbons (Fsp3) is 0.0455. The number of phenols is 2. The van der Waals surface area contributed by atoms with Gasteiger partial charge in [-0.25, -0.2) is 4.98 Å². The van der Waals surface area contributed by atoms with Crippen molar-refractivity contribution in [1.82, 2.24) is 15.0 Å². The topological polar surface area (TPSA) is 91.2 Å². The van der Waals surface area contributed by atoms with E-state index in [0.29, 0.717) is 28.7 Å². The van der Waals surface area contributed by atoms with Crippen molar-refractivity contribution in [3.8, 4) is 34.3 Å². The Hall–Kier alpha value is -3.93. The molecule has 138 valence electrons. The van der Waals surface area contributed by atoms with Crippen LogP contribution < -0.4 is 5.32 Å². The van der Waals surface area contributed by atoms with Crippen molar-refractivity contribution < 1.29 is 10.2 Å². The minimum Gasteiger partial charge on any atom is -0.507 e. The molecule has 0 atom stereocenters. The van der Waals surface area contributed by atoms with E-state index in [0.717, 1.165) is 11.3 Å². The molecule has 0 saturated carbocycles. The van der Waals surface area contributed by atoms with Crippen molar-refractivity contribution in [2.75, 3.05) is 5.32 Å². The number of phenolic OH excluding ortho intramolecular Hbond substituents is 2. The molecule has 0 aliphatic rings. The number of aromatic hydroxyl groups is 2. The molecule has 0 spiro atoms. The molecule has 0 aliphatic heterocycles. The van der Waals surface area contributed by atoms with E-state index in [1.807, 2.05) is 31.2 Å². The van der Waals surface area contributed by atoms with Crippen molar-refractivity contribution in [2.24, 2.45) is 0 Å². The fourth-order valence-electron chi connectivity index (χ4n) is 2.76. The Morgan fingerprint density at radius 2 is 1.14 bits per heavy atom. The lowest BCUT2D eigenvalue weighted by atomic mass is 10.1. The first-order valence-electron chi connectivity index (χ1n) is 8.76. The van der Waals surface area contributed by atoms with Crippen LogP contribution in [0, 0.1) is 6.92 Å². The minimum absolute atomic E-state index is 0.0678. The minimum atomic E-state index is 0.0678. The number of aromatic nitrogens is 3. The van der Waals surface area contributed by atoms with Crippen LogP contribution in [0.1, 0.15) is 5.56 Å². The summed E-state index contributed by atoms with van der Waals surface area (Å²) in [5.74, 6) is 1.06. The summed E-state index contributed by atoms with van der Waals surface area (Å²) in [7, 11) is 0. The quantitative estimate of drug-likeness (QED) is 0.484. The summed E-state index contributed by atoms with van der Waals surface area (Å²) < 4.78 is 0. The predicted octanol–water partition coefficient (Wildman–Crippen LogP) is 4.67. The summed E-state index contributed by atoms with van der Waals surface area (Å²) in [6.45, 7) is 2.01. The zero-order valence-corrected chi connectivity index (χ0v) is 15.2. The van der Waals surface area contributed by atoms with Gasteiger partial charge in [0.1, 0.15) is 11.5 Å². The van der Waals surface area contributed by atoms with Gasteiger partial charge in [-0.2, -0.15) is 9.97 Å². The van der Waals surface area contributed by atoms with E-state index in [-0.39, 0.29) is 11.5 Å². The monoisotopic (exact) mass is 370 g/mol. The van der Waals surface area contributed by atoms with E-state index in [1.165, 1.54) is 0 Å². The molecule has 0 radical (unpaired) electrons. The van der Waals surface area contributed by atoms with Crippen LogP contribution in [0.4, 0.5) is 11.6 Å². The Bertz CT molecular complexity index is 1060. The zero-order chi connectivity index (χ0) is 19.5. The van der Waals surface area contributed by atoms with Crippen molar-refractivity contribution >= 4 is 11.6 Å². The highest BCUT2D eigenvalue weighted by molar-refractivity contribution is 5.70. The van der Waals surface area contributed by atoms with Gasteiger partial charge in [0.15, 0.2) is 11.6 Å². The number of hydrogen-bond acceptors (Lipinski definition) is 6. The number of anilines is 2. The Labute approximate surface area is 162 Å². The highest BCUT2D eigenvalue weighted by atomic mass is 16.3. The molecule has 0 fully saturated rings. The highest BCUT2D eigenvalue weighted by Gasteiger charge is 2.15. The molecule has 4 rings (SSSR count). The van der Waals surface area contributed by atoms with Crippen LogP contribution >= 0.6 is 0 Å². The molecule has 4 aromatic rings. The molecule has 0 aliphatic carbocycles. The fourth-order valence-corrected chi connectivity index (χ4v) is 2.76. The Morgan fingerprint density at radius 3 is 1.64 bits per heavy atom. The number of para-hydroxylation sites is 2. The standard InChI is InChI=1S/C22H18N4O2/c1-14-10-12-15(13-11-14)23-22-25-20(16-6-2-4-8-18(16)27)24-21(26-22)17-7-3-5-9-19(17)28/h2-13,27-28H,1H3,(H,23,24,25,26). The van der Waals surface area contributed by atoms with Crippen molar-refractivity contribution in [3.05, 3.63) is 78.4 Å². The van der Waals surface area contributed by atoms with Gasteiger partial charge in [-0.15, -0.1) is 0 Å². The van der Waals surface area contributed by atoms with Gasteiger partial charge in [0, 0.05) is 5.69 Å². The van der Waals surface area contributed by atoms with Crippen LogP contribution in [0.15, 0.2) is 72.8 Å². The maximum Gasteiger partial charge on any atom is 0.231 e. The van der Waals surface area contributed by atoms with Crippen LogP contribution in [-0.4, -0.2) is 25.2 Å². The van der Waals surface area contributed by atoms with E-state index < -0.39 is 0 Å². The number of hydrogen-bond donors (Lipinski definition) is 3. The van der Waals surface area contributed by atoms with Gasteiger partial charge in [-0.1, -0.05) is 42.0 Å². The third-order valence-corrected chi connectivity index (χ3v) is 4.23. The van der Waals surface area contributed by atoms with Crippen LogP contribution in [-0.2, 0) is 0 Å². The van der Waals surface area contributed by atoms with E-state index in [9.17, 15) is 10.2 Å². The predicted molar refractivity (Wildman–Crippen MR) is 108 cm³/mol. The molecule has 6 nitrogen and oxygen atoms in total. The van der Waals surface area contributed by atoms with E-state index in [2.05, 4.69) is 20.3 Å². The van der Waals surface area contributed by atoms with Crippen molar-refractivity contribution in [3.63, 3.8) is 0 Å². The summed E-state index contributed by atoms with van der Waals surface area (Å²) in [5, 5.41) is 23.6. The maximum atomic E-state index is 10.2. The first-order chi connectivity index (χ1) is 13.6. The van der Waals surface area contributed by atoms with Crippen molar-refractivity contribution in [2.45, 2.75) is 6.92 Å². The van der Waals surface area contributed by atoms with Gasteiger partial charge in [-0.3, -0.25) is 0 Å². The summed E-state index contributed by atoms with van der Waals surface area (Å²) >= 11 is 0. The number of nitrogens with one attached hydrogen (secondary N) is 1. The zero-order valence-electron chi connectivity index (χ0n) is 15.2. The number of benzene rings is 3.